The van der Waals surface area contributed by atoms with Crippen LogP contribution in [0, 0.1) is 13.8 Å². The highest BCUT2D eigenvalue weighted by atomic mass is 32.2. The number of benzene rings is 1. The van der Waals surface area contributed by atoms with Gasteiger partial charge >= 0.3 is 5.97 Å². The van der Waals surface area contributed by atoms with E-state index in [0.717, 1.165) is 11.1 Å². The lowest BCUT2D eigenvalue weighted by Crippen LogP contribution is -2.49. The topological polar surface area (TPSA) is 92.7 Å². The normalized spacial score (nSPS) is 15.9. The van der Waals surface area contributed by atoms with Crippen molar-refractivity contribution in [2.24, 2.45) is 0 Å². The molecule has 0 unspecified atom stereocenters. The average molecular weight is 392 g/mol. The molecule has 3 rings (SSSR count). The van der Waals surface area contributed by atoms with Crippen LogP contribution >= 0.6 is 0 Å². The van der Waals surface area contributed by atoms with Crippen LogP contribution in [0.1, 0.15) is 28.5 Å². The van der Waals surface area contributed by atoms with E-state index in [2.05, 4.69) is 9.97 Å². The van der Waals surface area contributed by atoms with Crippen molar-refractivity contribution >= 4 is 32.8 Å². The first-order valence-electron chi connectivity index (χ1n) is 8.87. The molecule has 1 fully saturated rings. The molecule has 27 heavy (non-hydrogen) atoms. The molecule has 0 radical (unpaired) electrons. The molecule has 0 saturated carbocycles. The molecule has 0 atom stereocenters. The number of hydrogen-bond donors (Lipinski definition) is 0. The summed E-state index contributed by atoms with van der Waals surface area (Å²) in [6.45, 7) is 7.52. The van der Waals surface area contributed by atoms with Crippen LogP contribution in [0.5, 0.6) is 0 Å². The van der Waals surface area contributed by atoms with E-state index >= 15 is 0 Å². The van der Waals surface area contributed by atoms with Gasteiger partial charge < -0.3 is 9.64 Å². The molecule has 0 aliphatic carbocycles. The number of anilines is 1. The first-order chi connectivity index (χ1) is 12.7. The standard InChI is InChI=1S/C18H24N4O4S/c1-5-26-18(23)16-17(21-6-8-22(9-7-21)27(4,24)25)20-15-11-13(3)12(2)10-14(15)19-16/h10-11H,5-9H2,1-4H3. The Labute approximate surface area is 159 Å². The van der Waals surface area contributed by atoms with Crippen molar-refractivity contribution in [1.29, 1.82) is 0 Å². The Kier molecular flexibility index (Phi) is 5.34. The van der Waals surface area contributed by atoms with Gasteiger partial charge in [0.15, 0.2) is 11.5 Å². The third kappa shape index (κ3) is 4.03. The van der Waals surface area contributed by atoms with E-state index in [0.29, 0.717) is 43.0 Å². The molecule has 1 aromatic heterocycles. The predicted molar refractivity (Wildman–Crippen MR) is 104 cm³/mol. The SMILES string of the molecule is CCOC(=O)c1nc2cc(C)c(C)cc2nc1N1CCN(S(C)(=O)=O)CC1. The van der Waals surface area contributed by atoms with Crippen LogP contribution in [0.2, 0.25) is 0 Å². The van der Waals surface area contributed by atoms with E-state index in [1.54, 1.807) is 6.92 Å². The number of esters is 1. The van der Waals surface area contributed by atoms with Gasteiger partial charge in [-0.2, -0.15) is 4.31 Å². The van der Waals surface area contributed by atoms with E-state index in [1.165, 1.54) is 10.6 Å². The fourth-order valence-electron chi connectivity index (χ4n) is 3.09. The molecule has 8 nitrogen and oxygen atoms in total. The molecule has 9 heteroatoms. The molecule has 2 heterocycles. The van der Waals surface area contributed by atoms with Crippen molar-refractivity contribution in [2.45, 2.75) is 20.8 Å². The number of fused-ring (bicyclic) bond motifs is 1. The van der Waals surface area contributed by atoms with Gasteiger partial charge in [0, 0.05) is 26.2 Å². The highest BCUT2D eigenvalue weighted by Crippen LogP contribution is 2.25. The Morgan fingerprint density at radius 2 is 1.63 bits per heavy atom. The summed E-state index contributed by atoms with van der Waals surface area (Å²) in [5.41, 5.74) is 3.67. The Morgan fingerprint density at radius 1 is 1.07 bits per heavy atom. The Hall–Kier alpha value is -2.26. The van der Waals surface area contributed by atoms with E-state index in [9.17, 15) is 13.2 Å². The van der Waals surface area contributed by atoms with E-state index < -0.39 is 16.0 Å². The van der Waals surface area contributed by atoms with E-state index in [-0.39, 0.29) is 12.3 Å². The highest BCUT2D eigenvalue weighted by Gasteiger charge is 2.28. The Morgan fingerprint density at radius 3 is 2.15 bits per heavy atom. The van der Waals surface area contributed by atoms with Gasteiger partial charge in [-0.1, -0.05) is 0 Å². The van der Waals surface area contributed by atoms with Gasteiger partial charge in [0.05, 0.1) is 23.9 Å². The lowest BCUT2D eigenvalue weighted by molar-refractivity contribution is 0.0520. The monoisotopic (exact) mass is 392 g/mol. The first-order valence-corrected chi connectivity index (χ1v) is 10.7. The molecule has 1 aliphatic heterocycles. The molecule has 1 saturated heterocycles. The number of aromatic nitrogens is 2. The fraction of sp³-hybridized carbons (Fsp3) is 0.500. The number of aryl methyl sites for hydroxylation is 2. The molecule has 0 amide bonds. The van der Waals surface area contributed by atoms with Gasteiger partial charge in [0.25, 0.3) is 0 Å². The van der Waals surface area contributed by atoms with Gasteiger partial charge in [-0.25, -0.2) is 23.2 Å². The molecule has 2 aromatic rings. The van der Waals surface area contributed by atoms with Crippen molar-refractivity contribution in [2.75, 3.05) is 43.9 Å². The van der Waals surface area contributed by atoms with Crippen molar-refractivity contribution < 1.29 is 17.9 Å². The molecular formula is C18H24N4O4S. The van der Waals surface area contributed by atoms with E-state index in [1.807, 2.05) is 30.9 Å². The summed E-state index contributed by atoms with van der Waals surface area (Å²) >= 11 is 0. The lowest BCUT2D eigenvalue weighted by Gasteiger charge is -2.34. The summed E-state index contributed by atoms with van der Waals surface area (Å²) in [7, 11) is -3.23. The van der Waals surface area contributed by atoms with Crippen LogP contribution in [0.3, 0.4) is 0 Å². The minimum atomic E-state index is -3.23. The number of ether oxygens (including phenoxy) is 1. The van der Waals surface area contributed by atoms with Crippen LogP contribution in [0.25, 0.3) is 11.0 Å². The molecule has 0 bridgehead atoms. The van der Waals surface area contributed by atoms with Gasteiger partial charge in [-0.05, 0) is 44.0 Å². The Balaban J connectivity index is 2.03. The third-order valence-corrected chi connectivity index (χ3v) is 6.04. The highest BCUT2D eigenvalue weighted by molar-refractivity contribution is 7.88. The van der Waals surface area contributed by atoms with Crippen LogP contribution in [-0.4, -0.2) is 67.7 Å². The van der Waals surface area contributed by atoms with Gasteiger partial charge in [-0.15, -0.1) is 0 Å². The number of sulfonamides is 1. The van der Waals surface area contributed by atoms with Crippen LogP contribution in [-0.2, 0) is 14.8 Å². The van der Waals surface area contributed by atoms with Crippen LogP contribution in [0.15, 0.2) is 12.1 Å². The summed E-state index contributed by atoms with van der Waals surface area (Å²) in [5.74, 6) is -0.0805. The summed E-state index contributed by atoms with van der Waals surface area (Å²) in [5, 5.41) is 0. The number of rotatable bonds is 4. The fourth-order valence-corrected chi connectivity index (χ4v) is 3.92. The molecule has 1 aromatic carbocycles. The predicted octanol–water partition coefficient (Wildman–Crippen LogP) is 1.50. The summed E-state index contributed by atoms with van der Waals surface area (Å²) < 4.78 is 30.1. The van der Waals surface area contributed by atoms with Gasteiger partial charge in [0.1, 0.15) is 0 Å². The second-order valence-corrected chi connectivity index (χ2v) is 8.67. The smallest absolute Gasteiger partial charge is 0.360 e. The zero-order chi connectivity index (χ0) is 19.8. The number of nitrogens with zero attached hydrogens (tertiary/aromatic N) is 4. The minimum Gasteiger partial charge on any atom is -0.461 e. The summed E-state index contributed by atoms with van der Waals surface area (Å²) in [6.07, 6.45) is 1.20. The van der Waals surface area contributed by atoms with Crippen LogP contribution < -0.4 is 4.90 Å². The quantitative estimate of drug-likeness (QED) is 0.728. The lowest BCUT2D eigenvalue weighted by atomic mass is 10.1. The maximum absolute atomic E-state index is 12.5. The third-order valence-electron chi connectivity index (χ3n) is 4.74. The van der Waals surface area contributed by atoms with Crippen molar-refractivity contribution in [3.8, 4) is 0 Å². The molecule has 1 aliphatic rings. The van der Waals surface area contributed by atoms with E-state index in [4.69, 9.17) is 4.74 Å². The van der Waals surface area contributed by atoms with Crippen molar-refractivity contribution in [1.82, 2.24) is 14.3 Å². The Bertz CT molecular complexity index is 983. The minimum absolute atomic E-state index is 0.167. The summed E-state index contributed by atoms with van der Waals surface area (Å²) in [4.78, 5) is 23.6. The number of carbonyl (C=O) groups is 1. The number of hydrogen-bond acceptors (Lipinski definition) is 7. The zero-order valence-corrected chi connectivity index (χ0v) is 16.8. The molecular weight excluding hydrogens is 368 g/mol. The second-order valence-electron chi connectivity index (χ2n) is 6.69. The zero-order valence-electron chi connectivity index (χ0n) is 16.0. The first kappa shape index (κ1) is 19.5. The largest absolute Gasteiger partial charge is 0.461 e. The second kappa shape index (κ2) is 7.40. The molecule has 0 N–H and O–H groups in total. The van der Waals surface area contributed by atoms with Crippen molar-refractivity contribution in [3.05, 3.63) is 29.0 Å². The molecule has 146 valence electrons. The molecule has 0 spiro atoms. The van der Waals surface area contributed by atoms with Crippen molar-refractivity contribution in [3.63, 3.8) is 0 Å². The summed E-state index contributed by atoms with van der Waals surface area (Å²) in [6, 6.07) is 3.86. The number of piperazine rings is 1. The average Bonchev–Trinajstić information content (AvgIpc) is 2.61. The van der Waals surface area contributed by atoms with Gasteiger partial charge in [-0.3, -0.25) is 0 Å². The maximum atomic E-state index is 12.5. The maximum Gasteiger partial charge on any atom is 0.360 e. The van der Waals surface area contributed by atoms with Crippen LogP contribution in [0.4, 0.5) is 5.82 Å². The van der Waals surface area contributed by atoms with Gasteiger partial charge in [0.2, 0.25) is 10.0 Å². The number of carbonyl (C=O) groups excluding carboxylic acids is 1.